The summed E-state index contributed by atoms with van der Waals surface area (Å²) >= 11 is 0. The van der Waals surface area contributed by atoms with Gasteiger partial charge in [0.05, 0.1) is 6.07 Å². The van der Waals surface area contributed by atoms with Crippen molar-refractivity contribution in [3.8, 4) is 6.07 Å². The predicted molar refractivity (Wildman–Crippen MR) is 47.5 cm³/mol. The third kappa shape index (κ3) is 4.15. The van der Waals surface area contributed by atoms with Crippen LogP contribution in [-0.2, 0) is 10.8 Å². The zero-order valence-electron chi connectivity index (χ0n) is 7.33. The number of nitrogens with zero attached hydrogens (tertiary/aromatic N) is 1. The van der Waals surface area contributed by atoms with E-state index in [0.29, 0.717) is 18.1 Å². The average Bonchev–Trinajstić information content (AvgIpc) is 1.88. The lowest BCUT2D eigenvalue weighted by molar-refractivity contribution is 0.658. The molecular formula is C8H15NOS. The molecule has 0 spiro atoms. The Morgan fingerprint density at radius 1 is 1.55 bits per heavy atom. The van der Waals surface area contributed by atoms with E-state index in [2.05, 4.69) is 6.07 Å². The van der Waals surface area contributed by atoms with Crippen molar-refractivity contribution in [2.75, 3.05) is 5.75 Å². The Kier molecular flexibility index (Phi) is 5.14. The summed E-state index contributed by atoms with van der Waals surface area (Å²) < 4.78 is 11.3. The largest absolute Gasteiger partial charge is 0.258 e. The van der Waals surface area contributed by atoms with Crippen LogP contribution >= 0.6 is 0 Å². The Bertz CT molecular complexity index is 171. The Labute approximate surface area is 71.1 Å². The molecular weight excluding hydrogens is 158 g/mol. The summed E-state index contributed by atoms with van der Waals surface area (Å²) in [6, 6.07) is 2.06. The van der Waals surface area contributed by atoms with Crippen molar-refractivity contribution in [1.29, 1.82) is 5.26 Å². The quantitative estimate of drug-likeness (QED) is 0.649. The third-order valence-electron chi connectivity index (χ3n) is 1.33. The lowest BCUT2D eigenvalue weighted by Crippen LogP contribution is -2.17. The summed E-state index contributed by atoms with van der Waals surface area (Å²) in [5.74, 6) is 1.06. The van der Waals surface area contributed by atoms with Crippen LogP contribution in [0.4, 0.5) is 0 Å². The van der Waals surface area contributed by atoms with Crippen LogP contribution in [0.15, 0.2) is 0 Å². The average molecular weight is 173 g/mol. The summed E-state index contributed by atoms with van der Waals surface area (Å²) in [5, 5.41) is 8.30. The summed E-state index contributed by atoms with van der Waals surface area (Å²) in [6.45, 7) is 5.93. The van der Waals surface area contributed by atoms with Gasteiger partial charge in [-0.25, -0.2) is 0 Å². The molecule has 2 unspecified atom stereocenters. The van der Waals surface area contributed by atoms with Gasteiger partial charge in [-0.3, -0.25) is 4.21 Å². The molecule has 2 atom stereocenters. The Balaban J connectivity index is 3.92. The second-order valence-electron chi connectivity index (χ2n) is 2.97. The van der Waals surface area contributed by atoms with Crippen LogP contribution in [0.1, 0.15) is 27.2 Å². The smallest absolute Gasteiger partial charge is 0.121 e. The SMILES string of the molecule is CCC(C#N)S(=O)CC(C)C. The summed E-state index contributed by atoms with van der Waals surface area (Å²) in [4.78, 5) is 0. The Morgan fingerprint density at radius 3 is 2.36 bits per heavy atom. The van der Waals surface area contributed by atoms with Gasteiger partial charge in [0.2, 0.25) is 0 Å². The molecule has 0 bridgehead atoms. The van der Waals surface area contributed by atoms with Crippen LogP contribution in [0.2, 0.25) is 0 Å². The molecule has 0 rings (SSSR count). The van der Waals surface area contributed by atoms with Crippen molar-refractivity contribution >= 4 is 10.8 Å². The van der Waals surface area contributed by atoms with Gasteiger partial charge in [-0.1, -0.05) is 20.8 Å². The van der Waals surface area contributed by atoms with E-state index in [4.69, 9.17) is 5.26 Å². The van der Waals surface area contributed by atoms with Gasteiger partial charge in [-0.05, 0) is 12.3 Å². The van der Waals surface area contributed by atoms with Gasteiger partial charge in [0.15, 0.2) is 0 Å². The van der Waals surface area contributed by atoms with Gasteiger partial charge in [-0.2, -0.15) is 5.26 Å². The van der Waals surface area contributed by atoms with E-state index in [9.17, 15) is 4.21 Å². The fourth-order valence-corrected chi connectivity index (χ4v) is 2.16. The van der Waals surface area contributed by atoms with Crippen molar-refractivity contribution in [3.63, 3.8) is 0 Å². The highest BCUT2D eigenvalue weighted by Gasteiger charge is 2.14. The maximum Gasteiger partial charge on any atom is 0.121 e. The van der Waals surface area contributed by atoms with Crippen LogP contribution in [0, 0.1) is 17.2 Å². The van der Waals surface area contributed by atoms with E-state index in [-0.39, 0.29) is 5.25 Å². The van der Waals surface area contributed by atoms with E-state index in [1.54, 1.807) is 0 Å². The molecule has 0 aliphatic heterocycles. The molecule has 64 valence electrons. The molecule has 0 aliphatic carbocycles. The number of nitriles is 1. The van der Waals surface area contributed by atoms with E-state index >= 15 is 0 Å². The van der Waals surface area contributed by atoms with Crippen molar-refractivity contribution in [2.45, 2.75) is 32.4 Å². The van der Waals surface area contributed by atoms with Gasteiger partial charge >= 0.3 is 0 Å². The molecule has 0 N–H and O–H groups in total. The Morgan fingerprint density at radius 2 is 2.09 bits per heavy atom. The standard InChI is InChI=1S/C8H15NOS/c1-4-8(5-9)11(10)6-7(2)3/h7-8H,4,6H2,1-3H3. The highest BCUT2D eigenvalue weighted by atomic mass is 32.2. The predicted octanol–water partition coefficient (Wildman–Crippen LogP) is 1.69. The number of rotatable bonds is 4. The van der Waals surface area contributed by atoms with Gasteiger partial charge in [-0.15, -0.1) is 0 Å². The van der Waals surface area contributed by atoms with Crippen LogP contribution in [0.25, 0.3) is 0 Å². The highest BCUT2D eigenvalue weighted by molar-refractivity contribution is 7.85. The molecule has 0 fully saturated rings. The van der Waals surface area contributed by atoms with Crippen molar-refractivity contribution in [1.82, 2.24) is 0 Å². The molecule has 3 heteroatoms. The monoisotopic (exact) mass is 173 g/mol. The first kappa shape index (κ1) is 10.6. The van der Waals surface area contributed by atoms with Gasteiger partial charge < -0.3 is 0 Å². The zero-order chi connectivity index (χ0) is 8.85. The fourth-order valence-electron chi connectivity index (χ4n) is 0.781. The lowest BCUT2D eigenvalue weighted by Gasteiger charge is -2.07. The normalized spacial score (nSPS) is 15.9. The molecule has 2 nitrogen and oxygen atoms in total. The second-order valence-corrected chi connectivity index (χ2v) is 4.63. The van der Waals surface area contributed by atoms with Crippen molar-refractivity contribution < 1.29 is 4.21 Å². The van der Waals surface area contributed by atoms with E-state index in [1.807, 2.05) is 20.8 Å². The topological polar surface area (TPSA) is 40.9 Å². The van der Waals surface area contributed by atoms with E-state index in [1.165, 1.54) is 0 Å². The van der Waals surface area contributed by atoms with Crippen LogP contribution in [0.3, 0.4) is 0 Å². The minimum atomic E-state index is -0.949. The summed E-state index contributed by atoms with van der Waals surface area (Å²) in [5.41, 5.74) is 0. The molecule has 0 saturated heterocycles. The molecule has 0 heterocycles. The fraction of sp³-hybridized carbons (Fsp3) is 0.875. The molecule has 0 radical (unpaired) electrons. The maximum atomic E-state index is 11.3. The molecule has 0 saturated carbocycles. The molecule has 0 aliphatic rings. The Hall–Kier alpha value is -0.360. The summed E-state index contributed by atoms with van der Waals surface area (Å²) in [6.07, 6.45) is 0.690. The molecule has 0 amide bonds. The summed E-state index contributed by atoms with van der Waals surface area (Å²) in [7, 11) is -0.949. The molecule has 0 aromatic rings. The first-order valence-corrected chi connectivity index (χ1v) is 5.26. The first-order chi connectivity index (χ1) is 5.11. The highest BCUT2D eigenvalue weighted by Crippen LogP contribution is 2.05. The number of hydrogen-bond acceptors (Lipinski definition) is 2. The van der Waals surface area contributed by atoms with Crippen LogP contribution in [-0.4, -0.2) is 15.2 Å². The molecule has 0 aromatic heterocycles. The van der Waals surface area contributed by atoms with E-state index < -0.39 is 10.8 Å². The third-order valence-corrected chi connectivity index (χ3v) is 3.40. The van der Waals surface area contributed by atoms with Gasteiger partial charge in [0.1, 0.15) is 5.25 Å². The molecule has 11 heavy (non-hydrogen) atoms. The van der Waals surface area contributed by atoms with Gasteiger partial charge in [0, 0.05) is 16.6 Å². The minimum absolute atomic E-state index is 0.266. The first-order valence-electron chi connectivity index (χ1n) is 3.88. The number of hydrogen-bond donors (Lipinski definition) is 0. The van der Waals surface area contributed by atoms with Crippen LogP contribution < -0.4 is 0 Å². The lowest BCUT2D eigenvalue weighted by atomic mass is 10.3. The zero-order valence-corrected chi connectivity index (χ0v) is 8.15. The van der Waals surface area contributed by atoms with Crippen molar-refractivity contribution in [2.24, 2.45) is 5.92 Å². The van der Waals surface area contributed by atoms with E-state index in [0.717, 1.165) is 0 Å². The maximum absolute atomic E-state index is 11.3. The molecule has 0 aromatic carbocycles. The second kappa shape index (κ2) is 5.31. The van der Waals surface area contributed by atoms with Crippen LogP contribution in [0.5, 0.6) is 0 Å². The van der Waals surface area contributed by atoms with Crippen molar-refractivity contribution in [3.05, 3.63) is 0 Å². The minimum Gasteiger partial charge on any atom is -0.258 e. The van der Waals surface area contributed by atoms with Gasteiger partial charge in [0.25, 0.3) is 0 Å².